The number of alkyl halides is 1. The largest absolute Gasteiger partial charge is 0.348 e. The molecule has 0 saturated carbocycles. The molecule has 82 valence electrons. The van der Waals surface area contributed by atoms with E-state index < -0.39 is 0 Å². The molecule has 1 aromatic carbocycles. The standard InChI is InChI=1S/C12H16ClNO/c1-9(2)12(14-11(15)8-13)10-6-4-3-5-7-10/h3-7,9,12H,8H2,1-2H3,(H,14,15)/t12-/m1/s1. The van der Waals surface area contributed by atoms with Crippen LogP contribution in [-0.4, -0.2) is 11.8 Å². The summed E-state index contributed by atoms with van der Waals surface area (Å²) in [6.45, 7) is 4.15. The highest BCUT2D eigenvalue weighted by atomic mass is 35.5. The van der Waals surface area contributed by atoms with Gasteiger partial charge < -0.3 is 5.32 Å². The van der Waals surface area contributed by atoms with Crippen LogP contribution in [0.4, 0.5) is 0 Å². The van der Waals surface area contributed by atoms with Crippen LogP contribution in [-0.2, 0) is 4.79 Å². The lowest BCUT2D eigenvalue weighted by molar-refractivity contribution is -0.119. The number of carbonyl (C=O) groups excluding carboxylic acids is 1. The van der Waals surface area contributed by atoms with Gasteiger partial charge in [0.1, 0.15) is 5.88 Å². The Balaban J connectivity index is 2.79. The van der Waals surface area contributed by atoms with E-state index in [0.717, 1.165) is 5.56 Å². The molecule has 0 aliphatic heterocycles. The first-order valence-corrected chi connectivity index (χ1v) is 5.59. The third kappa shape index (κ3) is 3.56. The van der Waals surface area contributed by atoms with Gasteiger partial charge in [0, 0.05) is 0 Å². The summed E-state index contributed by atoms with van der Waals surface area (Å²) in [6, 6.07) is 9.97. The minimum atomic E-state index is -0.126. The molecule has 0 heterocycles. The number of halogens is 1. The molecule has 15 heavy (non-hydrogen) atoms. The van der Waals surface area contributed by atoms with E-state index in [0.29, 0.717) is 5.92 Å². The molecule has 1 aromatic rings. The van der Waals surface area contributed by atoms with E-state index in [1.807, 2.05) is 30.3 Å². The van der Waals surface area contributed by atoms with Crippen LogP contribution in [0.1, 0.15) is 25.5 Å². The summed E-state index contributed by atoms with van der Waals surface area (Å²) < 4.78 is 0. The predicted molar refractivity (Wildman–Crippen MR) is 62.9 cm³/mol. The van der Waals surface area contributed by atoms with E-state index in [1.165, 1.54) is 0 Å². The number of hydrogen-bond donors (Lipinski definition) is 1. The first kappa shape index (κ1) is 12.1. The molecule has 0 aliphatic carbocycles. The van der Waals surface area contributed by atoms with E-state index >= 15 is 0 Å². The van der Waals surface area contributed by atoms with Crippen molar-refractivity contribution in [3.8, 4) is 0 Å². The maximum Gasteiger partial charge on any atom is 0.235 e. The van der Waals surface area contributed by atoms with Crippen LogP contribution in [0.25, 0.3) is 0 Å². The molecule has 0 bridgehead atoms. The zero-order valence-electron chi connectivity index (χ0n) is 9.03. The Morgan fingerprint density at radius 1 is 1.33 bits per heavy atom. The molecule has 0 spiro atoms. The molecule has 3 heteroatoms. The van der Waals surface area contributed by atoms with E-state index in [4.69, 9.17) is 11.6 Å². The summed E-state index contributed by atoms with van der Waals surface area (Å²) in [5.41, 5.74) is 1.12. The van der Waals surface area contributed by atoms with Gasteiger partial charge in [0.05, 0.1) is 6.04 Å². The lowest BCUT2D eigenvalue weighted by Gasteiger charge is -2.22. The fourth-order valence-corrected chi connectivity index (χ4v) is 1.58. The molecule has 1 rings (SSSR count). The van der Waals surface area contributed by atoms with Gasteiger partial charge in [0.2, 0.25) is 5.91 Å². The van der Waals surface area contributed by atoms with Crippen molar-refractivity contribution in [1.29, 1.82) is 0 Å². The van der Waals surface area contributed by atoms with E-state index in [-0.39, 0.29) is 17.8 Å². The van der Waals surface area contributed by atoms with Crippen molar-refractivity contribution in [3.05, 3.63) is 35.9 Å². The maximum absolute atomic E-state index is 11.3. The molecule has 2 nitrogen and oxygen atoms in total. The minimum absolute atomic E-state index is 0.00997. The predicted octanol–water partition coefficient (Wildman–Crippen LogP) is 2.74. The summed E-state index contributed by atoms with van der Waals surface area (Å²) in [5.74, 6) is 0.231. The van der Waals surface area contributed by atoms with Gasteiger partial charge in [-0.1, -0.05) is 44.2 Å². The summed E-state index contributed by atoms with van der Waals surface area (Å²) in [4.78, 5) is 11.3. The summed E-state index contributed by atoms with van der Waals surface area (Å²) >= 11 is 5.48. The first-order chi connectivity index (χ1) is 7.15. The van der Waals surface area contributed by atoms with Crippen LogP contribution in [0.3, 0.4) is 0 Å². The number of hydrogen-bond acceptors (Lipinski definition) is 1. The van der Waals surface area contributed by atoms with Gasteiger partial charge in [-0.05, 0) is 11.5 Å². The smallest absolute Gasteiger partial charge is 0.235 e. The first-order valence-electron chi connectivity index (χ1n) is 5.05. The summed E-state index contributed by atoms with van der Waals surface area (Å²) in [7, 11) is 0. The van der Waals surface area contributed by atoms with Gasteiger partial charge in [0.25, 0.3) is 0 Å². The molecule has 1 amide bonds. The Kier molecular flexibility index (Phi) is 4.63. The van der Waals surface area contributed by atoms with Crippen molar-refractivity contribution >= 4 is 17.5 Å². The van der Waals surface area contributed by atoms with E-state index in [9.17, 15) is 4.79 Å². The van der Waals surface area contributed by atoms with Crippen LogP contribution < -0.4 is 5.32 Å². The third-order valence-corrected chi connectivity index (χ3v) is 2.51. The van der Waals surface area contributed by atoms with E-state index in [2.05, 4.69) is 19.2 Å². The average Bonchev–Trinajstić information content (AvgIpc) is 2.26. The number of carbonyl (C=O) groups is 1. The van der Waals surface area contributed by atoms with Crippen molar-refractivity contribution in [1.82, 2.24) is 5.32 Å². The molecule has 0 aliphatic rings. The lowest BCUT2D eigenvalue weighted by Crippen LogP contribution is -2.32. The van der Waals surface area contributed by atoms with Crippen LogP contribution in [0.15, 0.2) is 30.3 Å². The zero-order chi connectivity index (χ0) is 11.3. The highest BCUT2D eigenvalue weighted by Crippen LogP contribution is 2.20. The highest BCUT2D eigenvalue weighted by molar-refractivity contribution is 6.27. The van der Waals surface area contributed by atoms with Gasteiger partial charge in [-0.3, -0.25) is 4.79 Å². The number of amides is 1. The van der Waals surface area contributed by atoms with Crippen LogP contribution >= 0.6 is 11.6 Å². The molecule has 0 radical (unpaired) electrons. The normalized spacial score (nSPS) is 12.5. The van der Waals surface area contributed by atoms with Gasteiger partial charge in [-0.2, -0.15) is 0 Å². The zero-order valence-corrected chi connectivity index (χ0v) is 9.79. The summed E-state index contributed by atoms with van der Waals surface area (Å²) in [6.07, 6.45) is 0. The van der Waals surface area contributed by atoms with Gasteiger partial charge in [-0.25, -0.2) is 0 Å². The molecule has 0 fully saturated rings. The molecular formula is C12H16ClNO. The molecule has 1 N–H and O–H groups in total. The van der Waals surface area contributed by atoms with E-state index in [1.54, 1.807) is 0 Å². The van der Waals surface area contributed by atoms with Crippen molar-refractivity contribution in [2.24, 2.45) is 5.92 Å². The molecular weight excluding hydrogens is 210 g/mol. The Morgan fingerprint density at radius 3 is 2.40 bits per heavy atom. The Labute approximate surface area is 95.6 Å². The molecule has 0 aromatic heterocycles. The monoisotopic (exact) mass is 225 g/mol. The Bertz CT molecular complexity index is 311. The SMILES string of the molecule is CC(C)[C@@H](NC(=O)CCl)c1ccccc1. The fraction of sp³-hybridized carbons (Fsp3) is 0.417. The van der Waals surface area contributed by atoms with Crippen molar-refractivity contribution < 1.29 is 4.79 Å². The van der Waals surface area contributed by atoms with Crippen LogP contribution in [0.2, 0.25) is 0 Å². The van der Waals surface area contributed by atoms with Gasteiger partial charge >= 0.3 is 0 Å². The van der Waals surface area contributed by atoms with Crippen LogP contribution in [0, 0.1) is 5.92 Å². The van der Waals surface area contributed by atoms with Gasteiger partial charge in [0.15, 0.2) is 0 Å². The summed E-state index contributed by atoms with van der Waals surface area (Å²) in [5, 5.41) is 2.91. The highest BCUT2D eigenvalue weighted by Gasteiger charge is 2.17. The third-order valence-electron chi connectivity index (χ3n) is 2.26. The average molecular weight is 226 g/mol. The maximum atomic E-state index is 11.3. The topological polar surface area (TPSA) is 29.1 Å². The van der Waals surface area contributed by atoms with Crippen LogP contribution in [0.5, 0.6) is 0 Å². The second-order valence-corrected chi connectivity index (χ2v) is 4.10. The fourth-order valence-electron chi connectivity index (χ4n) is 1.51. The van der Waals surface area contributed by atoms with Crippen molar-refractivity contribution in [3.63, 3.8) is 0 Å². The molecule has 0 unspecified atom stereocenters. The molecule has 0 saturated heterocycles. The molecule has 1 atom stereocenters. The lowest BCUT2D eigenvalue weighted by atomic mass is 9.96. The Hall–Kier alpha value is -1.02. The van der Waals surface area contributed by atoms with Gasteiger partial charge in [-0.15, -0.1) is 11.6 Å². The quantitative estimate of drug-likeness (QED) is 0.785. The van der Waals surface area contributed by atoms with Crippen molar-refractivity contribution in [2.75, 3.05) is 5.88 Å². The number of nitrogens with one attached hydrogen (secondary N) is 1. The second-order valence-electron chi connectivity index (χ2n) is 3.83. The Morgan fingerprint density at radius 2 is 1.93 bits per heavy atom. The number of rotatable bonds is 4. The second kappa shape index (κ2) is 5.76. The number of benzene rings is 1. The van der Waals surface area contributed by atoms with Crippen molar-refractivity contribution in [2.45, 2.75) is 19.9 Å². The minimum Gasteiger partial charge on any atom is -0.348 e.